The van der Waals surface area contributed by atoms with E-state index in [4.69, 9.17) is 33.2 Å². The van der Waals surface area contributed by atoms with Crippen LogP contribution in [0.15, 0.2) is 29.5 Å². The van der Waals surface area contributed by atoms with Gasteiger partial charge < -0.3 is 4.74 Å². The molecule has 0 aromatic heterocycles. The van der Waals surface area contributed by atoms with Crippen molar-refractivity contribution in [3.05, 3.63) is 45.1 Å². The van der Waals surface area contributed by atoms with Gasteiger partial charge in [0, 0.05) is 0 Å². The molecule has 1 rings (SSSR count). The van der Waals surface area contributed by atoms with Crippen LogP contribution in [0.1, 0.15) is 38.2 Å². The monoisotopic (exact) mass is 297 g/mol. The van der Waals surface area contributed by atoms with Crippen molar-refractivity contribution < 1.29 is 4.74 Å². The van der Waals surface area contributed by atoms with Crippen molar-refractivity contribution in [3.8, 4) is 6.07 Å². The first-order chi connectivity index (χ1) is 9.01. The summed E-state index contributed by atoms with van der Waals surface area (Å²) in [5.41, 5.74) is 1.69. The van der Waals surface area contributed by atoms with Gasteiger partial charge in [0.15, 0.2) is 0 Å². The molecule has 0 radical (unpaired) electrons. The number of hydrogen-bond acceptors (Lipinski definition) is 2. The zero-order valence-corrected chi connectivity index (χ0v) is 12.8. The molecule has 1 unspecified atom stereocenters. The molecule has 102 valence electrons. The Morgan fingerprint density at radius 3 is 2.68 bits per heavy atom. The summed E-state index contributed by atoms with van der Waals surface area (Å²) in [5.74, 6) is 0.908. The Labute approximate surface area is 124 Å². The summed E-state index contributed by atoms with van der Waals surface area (Å²) >= 11 is 12.2. The van der Waals surface area contributed by atoms with E-state index in [0.29, 0.717) is 27.8 Å². The minimum Gasteiger partial charge on any atom is -0.500 e. The maximum atomic E-state index is 9.07. The van der Waals surface area contributed by atoms with Crippen molar-refractivity contribution in [1.82, 2.24) is 0 Å². The van der Waals surface area contributed by atoms with Gasteiger partial charge in [-0.3, -0.25) is 0 Å². The lowest BCUT2D eigenvalue weighted by Crippen LogP contribution is -1.98. The zero-order chi connectivity index (χ0) is 14.4. The number of benzene rings is 1. The number of hydrogen-bond donors (Lipinski definition) is 0. The van der Waals surface area contributed by atoms with Crippen molar-refractivity contribution in [1.29, 1.82) is 5.26 Å². The quantitative estimate of drug-likeness (QED) is 0.544. The van der Waals surface area contributed by atoms with E-state index in [1.165, 1.54) is 0 Å². The molecule has 0 N–H and O–H groups in total. The molecule has 19 heavy (non-hydrogen) atoms. The van der Waals surface area contributed by atoms with Crippen molar-refractivity contribution >= 4 is 23.2 Å². The molecule has 0 heterocycles. The zero-order valence-electron chi connectivity index (χ0n) is 11.3. The lowest BCUT2D eigenvalue weighted by Gasteiger charge is -2.14. The molecule has 0 saturated heterocycles. The van der Waals surface area contributed by atoms with Crippen LogP contribution in [0.3, 0.4) is 0 Å². The third-order valence-corrected chi connectivity index (χ3v) is 4.04. The van der Waals surface area contributed by atoms with Gasteiger partial charge in [0.1, 0.15) is 5.76 Å². The second-order valence-corrected chi connectivity index (χ2v) is 5.22. The Morgan fingerprint density at radius 2 is 2.11 bits per heavy atom. The molecule has 0 amide bonds. The standard InChI is InChI=1S/C15H17Cl2NO/c1-10(7-8-12(9-18)11(2)19-3)13-5-4-6-14(16)15(13)17/h4-6,10H,7-8H2,1-3H3. The largest absolute Gasteiger partial charge is 0.500 e. The van der Waals surface area contributed by atoms with Crippen molar-refractivity contribution in [2.45, 2.75) is 32.6 Å². The van der Waals surface area contributed by atoms with Gasteiger partial charge >= 0.3 is 0 Å². The maximum absolute atomic E-state index is 9.07. The van der Waals surface area contributed by atoms with Crippen LogP contribution in [0, 0.1) is 11.3 Å². The summed E-state index contributed by atoms with van der Waals surface area (Å²) in [5, 5.41) is 10.2. The van der Waals surface area contributed by atoms with E-state index < -0.39 is 0 Å². The number of halogens is 2. The Hall–Kier alpha value is -1.17. The first kappa shape index (κ1) is 15.9. The van der Waals surface area contributed by atoms with Gasteiger partial charge in [0.25, 0.3) is 0 Å². The molecule has 0 spiro atoms. The molecule has 1 atom stereocenters. The van der Waals surface area contributed by atoms with E-state index in [1.54, 1.807) is 20.1 Å². The van der Waals surface area contributed by atoms with Gasteiger partial charge in [-0.15, -0.1) is 0 Å². The predicted molar refractivity (Wildman–Crippen MR) is 79.4 cm³/mol. The van der Waals surface area contributed by atoms with E-state index in [0.717, 1.165) is 12.0 Å². The highest BCUT2D eigenvalue weighted by Gasteiger charge is 2.13. The molecule has 2 nitrogen and oxygen atoms in total. The fourth-order valence-corrected chi connectivity index (χ4v) is 2.35. The van der Waals surface area contributed by atoms with Gasteiger partial charge in [-0.2, -0.15) is 5.26 Å². The van der Waals surface area contributed by atoms with Crippen LogP contribution >= 0.6 is 23.2 Å². The molecule has 4 heteroatoms. The highest BCUT2D eigenvalue weighted by molar-refractivity contribution is 6.42. The number of nitrogens with zero attached hydrogens (tertiary/aromatic N) is 1. The molecule has 0 fully saturated rings. The fourth-order valence-electron chi connectivity index (χ4n) is 1.85. The number of rotatable bonds is 5. The van der Waals surface area contributed by atoms with E-state index in [2.05, 4.69) is 13.0 Å². The second kappa shape index (κ2) is 7.43. The molecule has 0 aliphatic rings. The van der Waals surface area contributed by atoms with Crippen LogP contribution in [-0.4, -0.2) is 7.11 Å². The van der Waals surface area contributed by atoms with Gasteiger partial charge in [0.05, 0.1) is 28.8 Å². The number of allylic oxidation sites excluding steroid dienone is 2. The summed E-state index contributed by atoms with van der Waals surface area (Å²) in [6.45, 7) is 3.88. The fraction of sp³-hybridized carbons (Fsp3) is 0.400. The van der Waals surface area contributed by atoms with Crippen LogP contribution in [0.4, 0.5) is 0 Å². The summed E-state index contributed by atoms with van der Waals surface area (Å²) in [6.07, 6.45) is 1.49. The Balaban J connectivity index is 2.79. The summed E-state index contributed by atoms with van der Waals surface area (Å²) in [6, 6.07) is 7.82. The minimum absolute atomic E-state index is 0.235. The molecule has 1 aromatic rings. The highest BCUT2D eigenvalue weighted by atomic mass is 35.5. The molecule has 1 aromatic carbocycles. The lowest BCUT2D eigenvalue weighted by atomic mass is 9.94. The third kappa shape index (κ3) is 4.16. The molecular formula is C15H17Cl2NO. The van der Waals surface area contributed by atoms with Gasteiger partial charge in [0.2, 0.25) is 0 Å². The van der Waals surface area contributed by atoms with Gasteiger partial charge in [-0.1, -0.05) is 42.3 Å². The predicted octanol–water partition coefficient (Wildman–Crippen LogP) is 5.32. The Kier molecular flexibility index (Phi) is 6.21. The Morgan fingerprint density at radius 1 is 1.42 bits per heavy atom. The molecule has 0 aliphatic heterocycles. The van der Waals surface area contributed by atoms with Crippen LogP contribution in [-0.2, 0) is 4.74 Å². The van der Waals surface area contributed by atoms with Gasteiger partial charge in [-0.05, 0) is 37.3 Å². The van der Waals surface area contributed by atoms with Crippen molar-refractivity contribution in [2.24, 2.45) is 0 Å². The van der Waals surface area contributed by atoms with Crippen LogP contribution < -0.4 is 0 Å². The maximum Gasteiger partial charge on any atom is 0.106 e. The first-order valence-corrected chi connectivity index (χ1v) is 6.84. The summed E-state index contributed by atoms with van der Waals surface area (Å²) < 4.78 is 5.09. The average molecular weight is 298 g/mol. The number of ether oxygens (including phenoxy) is 1. The molecule has 0 aliphatic carbocycles. The van der Waals surface area contributed by atoms with Crippen molar-refractivity contribution in [2.75, 3.05) is 7.11 Å². The SMILES string of the molecule is COC(C)=C(C#N)CCC(C)c1cccc(Cl)c1Cl. The lowest BCUT2D eigenvalue weighted by molar-refractivity contribution is 0.288. The summed E-state index contributed by atoms with van der Waals surface area (Å²) in [7, 11) is 1.57. The topological polar surface area (TPSA) is 33.0 Å². The van der Waals surface area contributed by atoms with Crippen LogP contribution in [0.5, 0.6) is 0 Å². The Bertz CT molecular complexity index is 517. The highest BCUT2D eigenvalue weighted by Crippen LogP contribution is 2.33. The second-order valence-electron chi connectivity index (χ2n) is 4.43. The first-order valence-electron chi connectivity index (χ1n) is 6.09. The minimum atomic E-state index is 0.235. The van der Waals surface area contributed by atoms with Crippen LogP contribution in [0.2, 0.25) is 10.0 Å². The average Bonchev–Trinajstić information content (AvgIpc) is 2.41. The smallest absolute Gasteiger partial charge is 0.106 e. The number of nitriles is 1. The van der Waals surface area contributed by atoms with Crippen molar-refractivity contribution in [3.63, 3.8) is 0 Å². The number of methoxy groups -OCH3 is 1. The van der Waals surface area contributed by atoms with Gasteiger partial charge in [-0.25, -0.2) is 0 Å². The molecule has 0 saturated carbocycles. The van der Waals surface area contributed by atoms with E-state index in [1.807, 2.05) is 12.1 Å². The molecular weight excluding hydrogens is 281 g/mol. The van der Waals surface area contributed by atoms with E-state index in [9.17, 15) is 0 Å². The summed E-state index contributed by atoms with van der Waals surface area (Å²) in [4.78, 5) is 0. The van der Waals surface area contributed by atoms with Crippen LogP contribution in [0.25, 0.3) is 0 Å². The normalized spacial score (nSPS) is 13.5. The third-order valence-electron chi connectivity index (χ3n) is 3.21. The van der Waals surface area contributed by atoms with E-state index >= 15 is 0 Å². The molecule has 0 bridgehead atoms. The van der Waals surface area contributed by atoms with E-state index in [-0.39, 0.29) is 5.92 Å².